The third-order valence-electron chi connectivity index (χ3n) is 16.1. The van der Waals surface area contributed by atoms with Crippen LogP contribution in [-0.2, 0) is 0 Å². The monoisotopic (exact) mass is 2120 g/mol. The molecule has 0 aliphatic rings. The molecule has 6 N–H and O–H groups in total. The number of para-hydroxylation sites is 9. The fraction of sp³-hybridized carbons (Fsp3) is 0.0217. The molecule has 0 spiro atoms. The fourth-order valence-corrected chi connectivity index (χ4v) is 24.6. The van der Waals surface area contributed by atoms with Crippen LogP contribution in [0.5, 0.6) is 0 Å². The minimum Gasteiger partial charge on any atom is -0.399 e. The number of nitrogens with one attached hydrogen (secondary N) is 2. The van der Waals surface area contributed by atoms with Gasteiger partial charge in [-0.25, -0.2) is 0 Å². The van der Waals surface area contributed by atoms with Crippen molar-refractivity contribution < 1.29 is 0 Å². The highest BCUT2D eigenvalue weighted by atomic mass is 127. The van der Waals surface area contributed by atoms with Gasteiger partial charge in [0.1, 0.15) is 49.0 Å². The summed E-state index contributed by atoms with van der Waals surface area (Å²) >= 11 is 35.3. The largest absolute Gasteiger partial charge is 0.399 e. The number of nitrogens with zero attached hydrogens (tertiary/aromatic N) is 5. The van der Waals surface area contributed by atoms with Crippen molar-refractivity contribution in [3.63, 3.8) is 0 Å². The van der Waals surface area contributed by atoms with E-state index in [2.05, 4.69) is 403 Å². The molecule has 6 bridgehead atoms. The van der Waals surface area contributed by atoms with E-state index in [-0.39, 0.29) is 14.9 Å². The maximum absolute atomic E-state index is 5.36. The number of fused-ring (bicyclic) bond motifs is 6. The molecule has 116 heavy (non-hydrogen) atoms. The summed E-state index contributed by atoms with van der Waals surface area (Å²) in [6.45, 7) is 0. The van der Waals surface area contributed by atoms with Gasteiger partial charge < -0.3 is 22.1 Å². The van der Waals surface area contributed by atoms with Crippen molar-refractivity contribution in [2.24, 2.45) is 0 Å². The summed E-state index contributed by atoms with van der Waals surface area (Å²) in [5.41, 5.74) is 20.3. The van der Waals surface area contributed by atoms with Gasteiger partial charge in [0.15, 0.2) is 0 Å². The molecular weight excluding hydrogens is 2050 g/mol. The van der Waals surface area contributed by atoms with Crippen molar-refractivity contribution in [1.82, 2.24) is 13.7 Å². The minimum atomic E-state index is 0. The number of hydrogen-bond acceptors (Lipinski definition) is 15. The number of thiophene rings is 9. The van der Waals surface area contributed by atoms with E-state index in [0.717, 1.165) is 68.8 Å². The first-order valence-corrected chi connectivity index (χ1v) is 47.5. The molecule has 0 aliphatic carbocycles. The highest BCUT2D eigenvalue weighted by molar-refractivity contribution is 14.1. The lowest BCUT2D eigenvalue weighted by Crippen LogP contribution is -2.07. The van der Waals surface area contributed by atoms with Crippen molar-refractivity contribution in [2.45, 2.75) is 14.9 Å². The van der Waals surface area contributed by atoms with Crippen molar-refractivity contribution in [1.29, 1.82) is 0 Å². The van der Waals surface area contributed by atoms with Crippen molar-refractivity contribution in [2.75, 3.05) is 31.9 Å². The number of aromatic nitrogens is 3. The number of anilines is 12. The molecule has 19 aromatic rings. The quantitative estimate of drug-likeness (QED) is 0.0678. The Morgan fingerprint density at radius 2 is 0.491 bits per heavy atom. The maximum atomic E-state index is 5.36. The Balaban J connectivity index is 0.000000148. The fourth-order valence-electron chi connectivity index (χ4n) is 11.1. The van der Waals surface area contributed by atoms with Crippen molar-refractivity contribution >= 4 is 297 Å². The van der Waals surface area contributed by atoms with Crippen LogP contribution in [0.25, 0.3) is 46.0 Å². The van der Waals surface area contributed by atoms with E-state index in [9.17, 15) is 0 Å². The molecule has 10 heterocycles. The second kappa shape index (κ2) is 45.5. The molecule has 586 valence electrons. The Morgan fingerprint density at radius 3 is 0.733 bits per heavy atom. The molecule has 19 rings (SSSR count). The molecule has 0 aliphatic heterocycles. The predicted molar refractivity (Wildman–Crippen MR) is 545 cm³/mol. The van der Waals surface area contributed by atoms with Gasteiger partial charge in [-0.2, -0.15) is 0 Å². The summed E-state index contributed by atoms with van der Waals surface area (Å²) in [5.74, 6) is 0. The maximum Gasteiger partial charge on any atom is 0.103 e. The van der Waals surface area contributed by atoms with Crippen LogP contribution in [-0.4, -0.2) is 13.7 Å². The zero-order valence-electron chi connectivity index (χ0n) is 60.2. The predicted octanol–water partition coefficient (Wildman–Crippen LogP) is 35.2. The Bertz CT molecular complexity index is 5590. The highest BCUT2D eigenvalue weighted by Crippen LogP contribution is 2.49. The first kappa shape index (κ1) is 88.4. The third kappa shape index (κ3) is 25.6. The van der Waals surface area contributed by atoms with Gasteiger partial charge in [0.05, 0.1) is 31.8 Å². The van der Waals surface area contributed by atoms with Gasteiger partial charge in [-0.15, -0.1) is 56.7 Å². The van der Waals surface area contributed by atoms with Crippen LogP contribution in [0.1, 0.15) is 14.9 Å². The molecule has 9 aromatic carbocycles. The first-order chi connectivity index (χ1) is 55.8. The SMILES string of the molecule is Brc1ccc(Br)s1.Brc1ccc(I)s1.Brc1ccc(N(c2ccccc2)c2ccc(N(c3ccccc3)c3ccc(Br)s3)s2)s1.C.C.Nc1ccccc1.Nc1ccccc1.c1ccc(-n2c3ccc(s3)n(-c3ccccc3)c3ccc(s3)n(-c3ccccc3)c3ccc2s3)cc1.c1ccc(Nc2ccc(Nc3ccccc3)s2)cc1. The van der Waals surface area contributed by atoms with Crippen LogP contribution >= 0.6 is 204 Å². The normalized spacial score (nSPS) is 10.3. The summed E-state index contributed by atoms with van der Waals surface area (Å²) in [7, 11) is 0. The minimum absolute atomic E-state index is 0. The van der Waals surface area contributed by atoms with E-state index in [1.165, 1.54) is 63.2 Å². The Labute approximate surface area is 769 Å². The van der Waals surface area contributed by atoms with Gasteiger partial charge in [-0.3, -0.25) is 23.5 Å². The summed E-state index contributed by atoms with van der Waals surface area (Å²) in [4.78, 5) is 11.8. The molecule has 0 unspecified atom stereocenters. The highest BCUT2D eigenvalue weighted by Gasteiger charge is 2.22. The molecule has 0 saturated carbocycles. The van der Waals surface area contributed by atoms with Gasteiger partial charge in [0.25, 0.3) is 0 Å². The number of nitrogens with two attached hydrogens (primary N) is 2. The van der Waals surface area contributed by atoms with Crippen LogP contribution in [0.15, 0.2) is 401 Å². The Hall–Kier alpha value is -8.39. The smallest absolute Gasteiger partial charge is 0.103 e. The van der Waals surface area contributed by atoms with Crippen molar-refractivity contribution in [3.05, 3.63) is 404 Å². The number of benzene rings is 9. The zero-order valence-corrected chi connectivity index (χ0v) is 77.6. The van der Waals surface area contributed by atoms with Crippen LogP contribution < -0.4 is 31.9 Å². The third-order valence-corrected chi connectivity index (χ3v) is 29.0. The van der Waals surface area contributed by atoms with Crippen LogP contribution in [0.3, 0.4) is 0 Å². The number of hydrogen-bond donors (Lipinski definition) is 4. The molecule has 10 aromatic heterocycles. The molecule has 0 fully saturated rings. The molecule has 24 heteroatoms. The Morgan fingerprint density at radius 1 is 0.241 bits per heavy atom. The van der Waals surface area contributed by atoms with Gasteiger partial charge in [0, 0.05) is 51.2 Å². The number of halogens is 6. The lowest BCUT2D eigenvalue weighted by Gasteiger charge is -2.23. The van der Waals surface area contributed by atoms with E-state index < -0.39 is 0 Å². The zero-order chi connectivity index (χ0) is 78.8. The van der Waals surface area contributed by atoms with E-state index in [1.54, 1.807) is 68.0 Å². The summed E-state index contributed by atoms with van der Waals surface area (Å²) in [6, 6.07) is 131. The standard InChI is InChI=1S/C30H21N3S3.C24H16Br2N2S3.C16H14N2S.2C6H7N.C4H2Br2S.C4H2BrIS.2CH4/c1-4-10-22(11-5-1)31-25-16-18-27(34-25)32(23-12-6-2-7-13-23)29-20-21-30(36-29)33(24-14-8-3-9-15-24)28-19-17-26(31)35-28;25-19-11-13-21(29-19)27(17-7-3-1-4-8-17)23-15-16-24(31-23)28(18-9-5-2-6-10-18)22-14-12-20(26)30-22;1-3-7-13(8-4-1)17-15-11-12-16(19-15)18-14-9-5-2-6-10-14;2*7-6-4-2-1-3-5-6;2*5-3-1-2-4(6)7-3;;/h1-21H;1-16H;1-12,17-18H;2*1-5H,7H2;2*1-2H;2*1H4. The van der Waals surface area contributed by atoms with Crippen LogP contribution in [0, 0.1) is 2.88 Å². The molecular formula is C92H77Br5IN9S9. The van der Waals surface area contributed by atoms with E-state index in [0.29, 0.717) is 0 Å². The van der Waals surface area contributed by atoms with Crippen LogP contribution in [0.4, 0.5) is 64.1 Å². The number of rotatable bonds is 13. The number of nitrogen functional groups attached to an aromatic ring is 2. The second-order valence-electron chi connectivity index (χ2n) is 24.0. The van der Waals surface area contributed by atoms with E-state index in [4.69, 9.17) is 11.5 Å². The lowest BCUT2D eigenvalue weighted by molar-refractivity contribution is 1.19. The molecule has 0 saturated heterocycles. The molecule has 0 amide bonds. The van der Waals surface area contributed by atoms with Crippen molar-refractivity contribution in [3.8, 4) is 17.1 Å². The van der Waals surface area contributed by atoms with E-state index >= 15 is 0 Å². The van der Waals surface area contributed by atoms with Gasteiger partial charge in [-0.1, -0.05) is 224 Å². The molecule has 0 atom stereocenters. The molecule has 9 nitrogen and oxygen atoms in total. The Kier molecular flexibility index (Phi) is 34.7. The topological polar surface area (TPSA) is 97.4 Å². The van der Waals surface area contributed by atoms with Crippen LogP contribution in [0.2, 0.25) is 0 Å². The summed E-state index contributed by atoms with van der Waals surface area (Å²) in [5, 5.41) is 13.7. The second-order valence-corrected chi connectivity index (χ2v) is 42.3. The first-order valence-electron chi connectivity index (χ1n) is 35.1. The summed E-state index contributed by atoms with van der Waals surface area (Å²) < 4.78 is 14.2. The van der Waals surface area contributed by atoms with Gasteiger partial charge in [-0.05, 0) is 321 Å². The lowest BCUT2D eigenvalue weighted by atomic mass is 10.3. The average Bonchev–Trinajstić information content (AvgIpc) is 1.60. The van der Waals surface area contributed by atoms with Gasteiger partial charge >= 0.3 is 0 Å². The van der Waals surface area contributed by atoms with E-state index in [1.807, 2.05) is 149 Å². The average molecular weight is 2120 g/mol. The molecule has 0 radical (unpaired) electrons. The van der Waals surface area contributed by atoms with Gasteiger partial charge in [0.2, 0.25) is 0 Å². The summed E-state index contributed by atoms with van der Waals surface area (Å²) in [6.07, 6.45) is 0.